The number of hydrogen-bond acceptors (Lipinski definition) is 8. The van der Waals surface area contributed by atoms with Crippen LogP contribution in [0.4, 0.5) is 0 Å². The fourth-order valence-corrected chi connectivity index (χ4v) is 8.21. The monoisotopic (exact) mass is 891 g/mol. The molecule has 0 aliphatic rings. The summed E-state index contributed by atoms with van der Waals surface area (Å²) in [4.78, 5) is 40.6. The third-order valence-corrected chi connectivity index (χ3v) is 12.6. The molecule has 0 rings (SSSR count). The zero-order chi connectivity index (χ0) is 46.1. The Morgan fingerprint density at radius 2 is 0.857 bits per heavy atom. The van der Waals surface area contributed by atoms with E-state index < -0.39 is 0 Å². The highest BCUT2D eigenvalue weighted by atomic mass is 16.5. The lowest BCUT2D eigenvalue weighted by atomic mass is 10.0. The number of rotatable bonds is 50. The summed E-state index contributed by atoms with van der Waals surface area (Å²) in [6, 6.07) is 0. The molecule has 0 aromatic heterocycles. The van der Waals surface area contributed by atoms with Gasteiger partial charge in [-0.25, -0.2) is 0 Å². The zero-order valence-electron chi connectivity index (χ0n) is 42.6. The van der Waals surface area contributed by atoms with Crippen LogP contribution in [0.2, 0.25) is 0 Å². The summed E-state index contributed by atoms with van der Waals surface area (Å²) in [7, 11) is 0. The van der Waals surface area contributed by atoms with Gasteiger partial charge in [-0.15, -0.1) is 0 Å². The van der Waals surface area contributed by atoms with Crippen molar-refractivity contribution >= 4 is 17.9 Å². The smallest absolute Gasteiger partial charge is 0.306 e. The minimum absolute atomic E-state index is 0.0571. The van der Waals surface area contributed by atoms with Crippen LogP contribution in [0.5, 0.6) is 0 Å². The van der Waals surface area contributed by atoms with Crippen LogP contribution in [-0.4, -0.2) is 74.8 Å². The summed E-state index contributed by atoms with van der Waals surface area (Å²) in [5.41, 5.74) is 0. The van der Waals surface area contributed by atoms with Crippen LogP contribution in [0.25, 0.3) is 0 Å². The van der Waals surface area contributed by atoms with Crippen LogP contribution < -0.4 is 5.32 Å². The van der Waals surface area contributed by atoms with E-state index in [0.29, 0.717) is 25.8 Å². The average molecular weight is 891 g/mol. The SMILES string of the molecule is CCCCCCCC/C=C\CCCCCCCC(=O)OCC(CNCCCCN(CC)CC)COC(=O)CCCCCCC(=O)OC(CCCCCCCC)CCCCCCCC. The molecule has 1 atom stereocenters. The van der Waals surface area contributed by atoms with Gasteiger partial charge in [-0.05, 0) is 110 Å². The molecule has 0 aliphatic heterocycles. The van der Waals surface area contributed by atoms with E-state index in [2.05, 4.69) is 57.0 Å². The number of ether oxygens (including phenoxy) is 3. The Morgan fingerprint density at radius 3 is 1.30 bits per heavy atom. The van der Waals surface area contributed by atoms with Crippen LogP contribution in [0.3, 0.4) is 0 Å². The topological polar surface area (TPSA) is 94.2 Å². The van der Waals surface area contributed by atoms with Crippen molar-refractivity contribution in [3.63, 3.8) is 0 Å². The van der Waals surface area contributed by atoms with Crippen molar-refractivity contribution < 1.29 is 28.6 Å². The molecule has 372 valence electrons. The maximum Gasteiger partial charge on any atom is 0.306 e. The first-order valence-electron chi connectivity index (χ1n) is 27.5. The minimum Gasteiger partial charge on any atom is -0.465 e. The number of carbonyl (C=O) groups excluding carboxylic acids is 3. The summed E-state index contributed by atoms with van der Waals surface area (Å²) >= 11 is 0. The van der Waals surface area contributed by atoms with Gasteiger partial charge in [0.25, 0.3) is 0 Å². The highest BCUT2D eigenvalue weighted by molar-refractivity contribution is 5.70. The second kappa shape index (κ2) is 49.5. The van der Waals surface area contributed by atoms with E-state index in [4.69, 9.17) is 14.2 Å². The highest BCUT2D eigenvalue weighted by Gasteiger charge is 2.17. The zero-order valence-corrected chi connectivity index (χ0v) is 42.6. The lowest BCUT2D eigenvalue weighted by Gasteiger charge is -2.19. The van der Waals surface area contributed by atoms with E-state index in [0.717, 1.165) is 116 Å². The fourth-order valence-electron chi connectivity index (χ4n) is 8.21. The van der Waals surface area contributed by atoms with Gasteiger partial charge in [0.05, 0.1) is 13.2 Å². The Bertz CT molecular complexity index is 1000. The molecule has 1 N–H and O–H groups in total. The predicted molar refractivity (Wildman–Crippen MR) is 268 cm³/mol. The largest absolute Gasteiger partial charge is 0.465 e. The first-order valence-corrected chi connectivity index (χ1v) is 27.5. The normalized spacial score (nSPS) is 12.2. The Hall–Kier alpha value is -1.93. The van der Waals surface area contributed by atoms with Crippen molar-refractivity contribution in [2.24, 2.45) is 5.92 Å². The van der Waals surface area contributed by atoms with Crippen molar-refractivity contribution in [3.8, 4) is 0 Å². The van der Waals surface area contributed by atoms with Gasteiger partial charge < -0.3 is 24.4 Å². The lowest BCUT2D eigenvalue weighted by molar-refractivity contribution is -0.151. The standard InChI is InChI=1S/C55H106N2O6/c1-6-11-14-17-20-21-22-23-24-25-26-27-28-31-36-43-53(58)61-49-51(48-56-46-39-40-47-57(9-4)10-5)50-62-54(59)44-37-32-33-38-45-55(60)63-52(41-34-29-18-15-12-7-2)42-35-30-19-16-13-8-3/h23-24,51-52,56H,6-22,25-50H2,1-5H3/b24-23-. The van der Waals surface area contributed by atoms with Crippen molar-refractivity contribution in [1.82, 2.24) is 10.2 Å². The number of allylic oxidation sites excluding steroid dienone is 2. The third kappa shape index (κ3) is 45.0. The van der Waals surface area contributed by atoms with Gasteiger partial charge in [0.15, 0.2) is 0 Å². The van der Waals surface area contributed by atoms with Gasteiger partial charge in [0, 0.05) is 31.7 Å². The molecule has 8 heteroatoms. The predicted octanol–water partition coefficient (Wildman–Crippen LogP) is 15.2. The Kier molecular flexibility index (Phi) is 48.0. The van der Waals surface area contributed by atoms with Gasteiger partial charge in [0.2, 0.25) is 0 Å². The van der Waals surface area contributed by atoms with Crippen molar-refractivity contribution in [3.05, 3.63) is 12.2 Å². The molecule has 0 amide bonds. The molecule has 0 spiro atoms. The molecule has 0 heterocycles. The Labute approximate surface area is 391 Å². The maximum absolute atomic E-state index is 12.8. The molecule has 0 fully saturated rings. The number of nitrogens with one attached hydrogen (secondary N) is 1. The van der Waals surface area contributed by atoms with Gasteiger partial charge in [-0.3, -0.25) is 14.4 Å². The van der Waals surface area contributed by atoms with Gasteiger partial charge in [-0.1, -0.05) is 175 Å². The number of esters is 3. The third-order valence-electron chi connectivity index (χ3n) is 12.6. The van der Waals surface area contributed by atoms with Crippen LogP contribution in [0.15, 0.2) is 12.2 Å². The summed E-state index contributed by atoms with van der Waals surface area (Å²) in [6.45, 7) is 16.5. The molecular weight excluding hydrogens is 785 g/mol. The molecule has 0 aromatic carbocycles. The summed E-state index contributed by atoms with van der Waals surface area (Å²) in [5, 5.41) is 3.52. The molecule has 0 radical (unpaired) electrons. The Balaban J connectivity index is 4.49. The molecule has 1 unspecified atom stereocenters. The molecule has 0 bridgehead atoms. The first kappa shape index (κ1) is 61.1. The molecule has 0 saturated carbocycles. The van der Waals surface area contributed by atoms with Crippen LogP contribution in [0, 0.1) is 5.92 Å². The summed E-state index contributed by atoms with van der Waals surface area (Å²) in [5.74, 6) is -0.497. The molecule has 8 nitrogen and oxygen atoms in total. The van der Waals surface area contributed by atoms with Crippen molar-refractivity contribution in [1.29, 1.82) is 0 Å². The van der Waals surface area contributed by atoms with Gasteiger partial charge in [-0.2, -0.15) is 0 Å². The average Bonchev–Trinajstić information content (AvgIpc) is 3.28. The van der Waals surface area contributed by atoms with Crippen LogP contribution in [0.1, 0.15) is 266 Å². The van der Waals surface area contributed by atoms with Gasteiger partial charge in [0.1, 0.15) is 6.10 Å². The van der Waals surface area contributed by atoms with E-state index in [1.165, 1.54) is 122 Å². The number of nitrogens with zero attached hydrogens (tertiary/aromatic N) is 1. The molecule has 0 saturated heterocycles. The maximum atomic E-state index is 12.8. The van der Waals surface area contributed by atoms with Crippen LogP contribution in [-0.2, 0) is 28.6 Å². The highest BCUT2D eigenvalue weighted by Crippen LogP contribution is 2.19. The van der Waals surface area contributed by atoms with Gasteiger partial charge >= 0.3 is 17.9 Å². The second-order valence-electron chi connectivity index (χ2n) is 18.6. The quantitative estimate of drug-likeness (QED) is 0.0279. The van der Waals surface area contributed by atoms with Crippen molar-refractivity contribution in [2.75, 3.05) is 45.9 Å². The molecule has 0 aliphatic carbocycles. The summed E-state index contributed by atoms with van der Waals surface area (Å²) in [6.07, 6.45) is 44.6. The molecular formula is C55H106N2O6. The minimum atomic E-state index is -0.203. The lowest BCUT2D eigenvalue weighted by Crippen LogP contribution is -2.32. The Morgan fingerprint density at radius 1 is 0.460 bits per heavy atom. The number of unbranched alkanes of at least 4 members (excludes halogenated alkanes) is 25. The first-order chi connectivity index (χ1) is 30.9. The van der Waals surface area contributed by atoms with Crippen molar-refractivity contribution in [2.45, 2.75) is 272 Å². The van der Waals surface area contributed by atoms with Crippen LogP contribution >= 0.6 is 0 Å². The van der Waals surface area contributed by atoms with E-state index >= 15 is 0 Å². The molecule has 0 aromatic rings. The fraction of sp³-hybridized carbons (Fsp3) is 0.909. The van der Waals surface area contributed by atoms with E-state index in [1.807, 2.05) is 0 Å². The molecule has 63 heavy (non-hydrogen) atoms. The van der Waals surface area contributed by atoms with E-state index in [1.54, 1.807) is 0 Å². The van der Waals surface area contributed by atoms with E-state index in [9.17, 15) is 14.4 Å². The number of hydrogen-bond donors (Lipinski definition) is 1. The van der Waals surface area contributed by atoms with E-state index in [-0.39, 0.29) is 43.1 Å². The second-order valence-corrected chi connectivity index (χ2v) is 18.6. The summed E-state index contributed by atoms with van der Waals surface area (Å²) < 4.78 is 17.4. The number of carbonyl (C=O) groups is 3.